The van der Waals surface area contributed by atoms with E-state index in [1.807, 2.05) is 0 Å². The molecule has 96 valence electrons. The Bertz CT molecular complexity index is 483. The molecule has 6 heteroatoms. The molecule has 2 unspecified atom stereocenters. The van der Waals surface area contributed by atoms with Crippen molar-refractivity contribution < 1.29 is 8.42 Å². The van der Waals surface area contributed by atoms with Gasteiger partial charge in [-0.1, -0.05) is 19.8 Å². The standard InChI is InChI=1S/C11H16BrNO2S2/c1-8-3-2-4-9(8)7-13-17(14,15)11-6-5-10(12)16-11/h5-6,8-9,13H,2-4,7H2,1H3. The summed E-state index contributed by atoms with van der Waals surface area (Å²) in [6.45, 7) is 2.77. The summed E-state index contributed by atoms with van der Waals surface area (Å²) >= 11 is 4.52. The van der Waals surface area contributed by atoms with Gasteiger partial charge in [-0.25, -0.2) is 13.1 Å². The number of hydrogen-bond acceptors (Lipinski definition) is 3. The van der Waals surface area contributed by atoms with Gasteiger partial charge in [-0.2, -0.15) is 0 Å². The van der Waals surface area contributed by atoms with E-state index in [0.29, 0.717) is 22.6 Å². The van der Waals surface area contributed by atoms with Gasteiger partial charge in [-0.15, -0.1) is 11.3 Å². The molecule has 0 radical (unpaired) electrons. The quantitative estimate of drug-likeness (QED) is 0.916. The van der Waals surface area contributed by atoms with E-state index in [0.717, 1.165) is 10.2 Å². The molecule has 1 aromatic heterocycles. The van der Waals surface area contributed by atoms with Gasteiger partial charge in [-0.3, -0.25) is 0 Å². The maximum absolute atomic E-state index is 12.0. The zero-order chi connectivity index (χ0) is 12.5. The van der Waals surface area contributed by atoms with Crippen LogP contribution in [0.2, 0.25) is 0 Å². The number of nitrogens with one attached hydrogen (secondary N) is 1. The van der Waals surface area contributed by atoms with Crippen molar-refractivity contribution in [1.82, 2.24) is 4.72 Å². The molecule has 0 bridgehead atoms. The first-order valence-electron chi connectivity index (χ1n) is 5.74. The third kappa shape index (κ3) is 3.30. The fourth-order valence-corrected chi connectivity index (χ4v) is 5.40. The van der Waals surface area contributed by atoms with E-state index in [1.54, 1.807) is 12.1 Å². The molecule has 0 aromatic carbocycles. The first kappa shape index (κ1) is 13.5. The molecular weight excluding hydrogens is 322 g/mol. The van der Waals surface area contributed by atoms with Crippen molar-refractivity contribution in [3.8, 4) is 0 Å². The highest BCUT2D eigenvalue weighted by atomic mass is 79.9. The first-order chi connectivity index (χ1) is 7.99. The Balaban J connectivity index is 1.98. The van der Waals surface area contributed by atoms with Crippen LogP contribution in [0.15, 0.2) is 20.1 Å². The lowest BCUT2D eigenvalue weighted by Gasteiger charge is -2.15. The Morgan fingerprint density at radius 3 is 2.76 bits per heavy atom. The maximum Gasteiger partial charge on any atom is 0.250 e. The SMILES string of the molecule is CC1CCCC1CNS(=O)(=O)c1ccc(Br)s1. The fraction of sp³-hybridized carbons (Fsp3) is 0.636. The van der Waals surface area contributed by atoms with E-state index in [-0.39, 0.29) is 0 Å². The number of thiophene rings is 1. The third-order valence-electron chi connectivity index (χ3n) is 3.39. The first-order valence-corrected chi connectivity index (χ1v) is 8.83. The largest absolute Gasteiger partial charge is 0.250 e. The lowest BCUT2D eigenvalue weighted by Crippen LogP contribution is -2.29. The molecule has 0 saturated heterocycles. The van der Waals surface area contributed by atoms with Crippen LogP contribution in [0.5, 0.6) is 0 Å². The minimum Gasteiger partial charge on any atom is -0.210 e. The summed E-state index contributed by atoms with van der Waals surface area (Å²) in [7, 11) is -3.31. The maximum atomic E-state index is 12.0. The van der Waals surface area contributed by atoms with Crippen molar-refractivity contribution in [3.05, 3.63) is 15.9 Å². The van der Waals surface area contributed by atoms with E-state index in [1.165, 1.54) is 24.2 Å². The van der Waals surface area contributed by atoms with Crippen molar-refractivity contribution in [2.24, 2.45) is 11.8 Å². The summed E-state index contributed by atoms with van der Waals surface area (Å²) in [5, 5.41) is 0. The zero-order valence-corrected chi connectivity index (χ0v) is 12.9. The summed E-state index contributed by atoms with van der Waals surface area (Å²) in [5.41, 5.74) is 0. The van der Waals surface area contributed by atoms with Gasteiger partial charge in [0.05, 0.1) is 3.79 Å². The molecular formula is C11H16BrNO2S2. The number of hydrogen-bond donors (Lipinski definition) is 1. The Morgan fingerprint density at radius 1 is 1.47 bits per heavy atom. The van der Waals surface area contributed by atoms with Crippen LogP contribution in [0.3, 0.4) is 0 Å². The molecule has 0 spiro atoms. The van der Waals surface area contributed by atoms with E-state index < -0.39 is 10.0 Å². The molecule has 1 aliphatic rings. The lowest BCUT2D eigenvalue weighted by atomic mass is 9.99. The summed E-state index contributed by atoms with van der Waals surface area (Å²) in [6, 6.07) is 3.40. The molecule has 1 fully saturated rings. The minimum atomic E-state index is -3.31. The predicted octanol–water partition coefficient (Wildman–Crippen LogP) is 3.23. The summed E-state index contributed by atoms with van der Waals surface area (Å²) in [4.78, 5) is 0. The van der Waals surface area contributed by atoms with Gasteiger partial charge in [0.2, 0.25) is 10.0 Å². The molecule has 1 aliphatic carbocycles. The summed E-state index contributed by atoms with van der Waals surface area (Å²) in [6.07, 6.45) is 3.58. The average molecular weight is 338 g/mol. The Morgan fingerprint density at radius 2 is 2.24 bits per heavy atom. The smallest absolute Gasteiger partial charge is 0.210 e. The molecule has 2 rings (SSSR count). The molecule has 0 aliphatic heterocycles. The third-order valence-corrected chi connectivity index (χ3v) is 6.93. The monoisotopic (exact) mass is 337 g/mol. The lowest BCUT2D eigenvalue weighted by molar-refractivity contribution is 0.414. The van der Waals surface area contributed by atoms with Crippen LogP contribution >= 0.6 is 27.3 Å². The zero-order valence-electron chi connectivity index (χ0n) is 9.65. The van der Waals surface area contributed by atoms with Gasteiger partial charge in [0.15, 0.2) is 0 Å². The van der Waals surface area contributed by atoms with Crippen LogP contribution in [0, 0.1) is 11.8 Å². The van der Waals surface area contributed by atoms with Crippen LogP contribution in [0.4, 0.5) is 0 Å². The molecule has 1 aromatic rings. The molecule has 17 heavy (non-hydrogen) atoms. The van der Waals surface area contributed by atoms with Crippen molar-refractivity contribution in [1.29, 1.82) is 0 Å². The van der Waals surface area contributed by atoms with Crippen molar-refractivity contribution in [2.75, 3.05) is 6.54 Å². The van der Waals surface area contributed by atoms with E-state index >= 15 is 0 Å². The molecule has 2 atom stereocenters. The summed E-state index contributed by atoms with van der Waals surface area (Å²) in [5.74, 6) is 1.13. The Labute approximate surface area is 115 Å². The molecule has 1 heterocycles. The van der Waals surface area contributed by atoms with E-state index in [9.17, 15) is 8.42 Å². The Hall–Kier alpha value is 0.0900. The van der Waals surface area contributed by atoms with Crippen LogP contribution in [0.1, 0.15) is 26.2 Å². The van der Waals surface area contributed by atoms with Gasteiger partial charge in [0.1, 0.15) is 4.21 Å². The van der Waals surface area contributed by atoms with Gasteiger partial charge in [0.25, 0.3) is 0 Å². The molecule has 1 saturated carbocycles. The number of halogens is 1. The van der Waals surface area contributed by atoms with Crippen molar-refractivity contribution >= 4 is 37.3 Å². The molecule has 0 amide bonds. The number of sulfonamides is 1. The van der Waals surface area contributed by atoms with Gasteiger partial charge >= 0.3 is 0 Å². The topological polar surface area (TPSA) is 46.2 Å². The van der Waals surface area contributed by atoms with E-state index in [2.05, 4.69) is 27.6 Å². The average Bonchev–Trinajstić information content (AvgIpc) is 2.85. The minimum absolute atomic E-state index is 0.384. The number of rotatable bonds is 4. The van der Waals surface area contributed by atoms with Crippen molar-refractivity contribution in [3.63, 3.8) is 0 Å². The highest BCUT2D eigenvalue weighted by Gasteiger charge is 2.25. The molecule has 3 nitrogen and oxygen atoms in total. The highest BCUT2D eigenvalue weighted by Crippen LogP contribution is 2.31. The summed E-state index contributed by atoms with van der Waals surface area (Å²) < 4.78 is 27.9. The van der Waals surface area contributed by atoms with Gasteiger partial charge in [-0.05, 0) is 46.3 Å². The Kier molecular flexibility index (Phi) is 4.28. The normalized spacial score (nSPS) is 25.3. The second kappa shape index (κ2) is 5.38. The van der Waals surface area contributed by atoms with E-state index in [4.69, 9.17) is 0 Å². The molecule has 1 N–H and O–H groups in total. The van der Waals surface area contributed by atoms with Crippen LogP contribution in [-0.4, -0.2) is 15.0 Å². The van der Waals surface area contributed by atoms with Crippen LogP contribution in [-0.2, 0) is 10.0 Å². The van der Waals surface area contributed by atoms with Crippen LogP contribution in [0.25, 0.3) is 0 Å². The van der Waals surface area contributed by atoms with Gasteiger partial charge in [0, 0.05) is 6.54 Å². The second-order valence-corrected chi connectivity index (χ2v) is 9.04. The predicted molar refractivity (Wildman–Crippen MR) is 73.7 cm³/mol. The van der Waals surface area contributed by atoms with Crippen molar-refractivity contribution in [2.45, 2.75) is 30.4 Å². The van der Waals surface area contributed by atoms with Gasteiger partial charge < -0.3 is 0 Å². The highest BCUT2D eigenvalue weighted by molar-refractivity contribution is 9.11. The van der Waals surface area contributed by atoms with Crippen LogP contribution < -0.4 is 4.72 Å². The second-order valence-electron chi connectivity index (χ2n) is 4.58. The fourth-order valence-electron chi connectivity index (χ4n) is 2.26.